The van der Waals surface area contributed by atoms with Crippen LogP contribution in [0.25, 0.3) is 21.8 Å². The fourth-order valence-electron chi connectivity index (χ4n) is 8.94. The molecule has 0 amide bonds. The molecule has 3 N–H and O–H groups in total. The Hall–Kier alpha value is -5.37. The predicted molar refractivity (Wildman–Crippen MR) is 247 cm³/mol. The third-order valence-corrected chi connectivity index (χ3v) is 12.5. The predicted octanol–water partition coefficient (Wildman–Crippen LogP) is 12.4. The van der Waals surface area contributed by atoms with Crippen molar-refractivity contribution in [2.24, 2.45) is 0 Å². The maximum Gasteiger partial charge on any atom is 0.303 e. The summed E-state index contributed by atoms with van der Waals surface area (Å²) in [7, 11) is 0. The van der Waals surface area contributed by atoms with E-state index in [-0.39, 0.29) is 12.3 Å². The Kier molecular flexibility index (Phi) is 15.9. The van der Waals surface area contributed by atoms with Crippen LogP contribution in [0.5, 0.6) is 0 Å². The lowest BCUT2D eigenvalue weighted by atomic mass is 9.90. The van der Waals surface area contributed by atoms with Crippen LogP contribution in [0, 0.1) is 0 Å². The molecule has 8 heteroatoms. The quantitative estimate of drug-likeness (QED) is 0.0694. The van der Waals surface area contributed by atoms with Gasteiger partial charge in [0.15, 0.2) is 0 Å². The Morgan fingerprint density at radius 3 is 1.62 bits per heavy atom. The van der Waals surface area contributed by atoms with Crippen LogP contribution >= 0.6 is 0 Å². The van der Waals surface area contributed by atoms with Gasteiger partial charge in [-0.1, -0.05) is 94.0 Å². The molecule has 6 heterocycles. The summed E-state index contributed by atoms with van der Waals surface area (Å²) in [4.78, 5) is 30.2. The second-order valence-corrected chi connectivity index (χ2v) is 16.9. The Morgan fingerprint density at radius 1 is 0.617 bits per heavy atom. The average molecular weight is 805 g/mol. The lowest BCUT2D eigenvalue weighted by Gasteiger charge is -2.17. The number of benzene rings is 2. The Morgan fingerprint density at radius 2 is 1.10 bits per heavy atom. The van der Waals surface area contributed by atoms with Crippen molar-refractivity contribution in [2.45, 2.75) is 134 Å². The van der Waals surface area contributed by atoms with E-state index in [0.717, 1.165) is 98.1 Å². The number of aromatic nitrogens is 4. The van der Waals surface area contributed by atoms with Crippen molar-refractivity contribution in [3.05, 3.63) is 131 Å². The van der Waals surface area contributed by atoms with Crippen molar-refractivity contribution in [1.82, 2.24) is 19.9 Å². The van der Waals surface area contributed by atoms with Crippen molar-refractivity contribution in [2.75, 3.05) is 23.7 Å². The van der Waals surface area contributed by atoms with E-state index in [2.05, 4.69) is 94.4 Å². The van der Waals surface area contributed by atoms with Crippen molar-refractivity contribution in [3.63, 3.8) is 0 Å². The SMILES string of the molecule is CCC(CCCCCCc1ccc2c(n1)NCCC2)c1cnc2ccccc2c1.O=C(O)CC(CCCCCCc1ccc2c(n1)NCCC2)c1cnc2ccccc2c1. The fourth-order valence-corrected chi connectivity index (χ4v) is 8.94. The number of fused-ring (bicyclic) bond motifs is 4. The van der Waals surface area contributed by atoms with Gasteiger partial charge in [0.1, 0.15) is 11.6 Å². The molecule has 314 valence electrons. The molecule has 0 radical (unpaired) electrons. The maximum atomic E-state index is 11.4. The van der Waals surface area contributed by atoms with Gasteiger partial charge in [0.2, 0.25) is 0 Å². The summed E-state index contributed by atoms with van der Waals surface area (Å²) in [5.74, 6) is 2.10. The number of para-hydroxylation sites is 2. The van der Waals surface area contributed by atoms with E-state index in [9.17, 15) is 9.90 Å². The van der Waals surface area contributed by atoms with E-state index in [4.69, 9.17) is 9.97 Å². The molecule has 4 aromatic heterocycles. The van der Waals surface area contributed by atoms with Gasteiger partial charge in [0.25, 0.3) is 0 Å². The fraction of sp³-hybridized carbons (Fsp3) is 0.442. The van der Waals surface area contributed by atoms with Crippen molar-refractivity contribution < 1.29 is 9.90 Å². The summed E-state index contributed by atoms with van der Waals surface area (Å²) in [6.45, 7) is 4.39. The molecule has 2 aromatic carbocycles. The molecule has 2 atom stereocenters. The van der Waals surface area contributed by atoms with Crippen LogP contribution in [0.15, 0.2) is 97.3 Å². The van der Waals surface area contributed by atoms with Crippen molar-refractivity contribution in [1.29, 1.82) is 0 Å². The number of carboxylic acid groups (broad SMARTS) is 1. The zero-order chi connectivity index (χ0) is 41.4. The number of unbranched alkanes of at least 4 members (excludes halogenated alkanes) is 6. The summed E-state index contributed by atoms with van der Waals surface area (Å²) in [5.41, 5.74) is 9.61. The number of hydrogen-bond donors (Lipinski definition) is 3. The molecule has 8 nitrogen and oxygen atoms in total. The minimum Gasteiger partial charge on any atom is -0.481 e. The molecule has 2 aliphatic rings. The van der Waals surface area contributed by atoms with Gasteiger partial charge >= 0.3 is 5.97 Å². The van der Waals surface area contributed by atoms with Crippen LogP contribution in [0.4, 0.5) is 11.6 Å². The molecular weight excluding hydrogens is 741 g/mol. The third-order valence-electron chi connectivity index (χ3n) is 12.5. The summed E-state index contributed by atoms with van der Waals surface area (Å²) in [5, 5.41) is 18.6. The highest BCUT2D eigenvalue weighted by Gasteiger charge is 2.17. The van der Waals surface area contributed by atoms with Gasteiger partial charge in [0.05, 0.1) is 17.5 Å². The van der Waals surface area contributed by atoms with Gasteiger partial charge in [0, 0.05) is 47.6 Å². The van der Waals surface area contributed by atoms with Crippen LogP contribution in [0.2, 0.25) is 0 Å². The van der Waals surface area contributed by atoms with E-state index in [1.165, 1.54) is 91.3 Å². The normalized spacial score (nSPS) is 14.2. The van der Waals surface area contributed by atoms with Crippen LogP contribution in [0.3, 0.4) is 0 Å². The number of aliphatic carboxylic acids is 1. The first kappa shape index (κ1) is 42.7. The third kappa shape index (κ3) is 12.3. The first-order valence-electron chi connectivity index (χ1n) is 22.9. The summed E-state index contributed by atoms with van der Waals surface area (Å²) in [6.07, 6.45) is 23.8. The number of pyridine rings is 4. The average Bonchev–Trinajstić information content (AvgIpc) is 3.29. The number of anilines is 2. The van der Waals surface area contributed by atoms with Crippen LogP contribution in [0.1, 0.15) is 142 Å². The Labute approximate surface area is 357 Å². The highest BCUT2D eigenvalue weighted by atomic mass is 16.4. The molecule has 60 heavy (non-hydrogen) atoms. The van der Waals surface area contributed by atoms with E-state index in [1.807, 2.05) is 30.5 Å². The smallest absolute Gasteiger partial charge is 0.303 e. The molecule has 8 rings (SSSR count). The number of rotatable bonds is 19. The van der Waals surface area contributed by atoms with Crippen LogP contribution in [-0.4, -0.2) is 44.1 Å². The molecule has 0 spiro atoms. The molecule has 0 aliphatic carbocycles. The number of nitrogens with zero attached hydrogens (tertiary/aromatic N) is 4. The number of carbonyl (C=O) groups is 1. The molecule has 2 aliphatic heterocycles. The highest BCUT2D eigenvalue weighted by molar-refractivity contribution is 5.79. The summed E-state index contributed by atoms with van der Waals surface area (Å²) >= 11 is 0. The Bertz CT molecular complexity index is 2290. The maximum absolute atomic E-state index is 11.4. The van der Waals surface area contributed by atoms with Crippen molar-refractivity contribution >= 4 is 39.4 Å². The van der Waals surface area contributed by atoms with E-state index in [0.29, 0.717) is 5.92 Å². The largest absolute Gasteiger partial charge is 0.481 e. The first-order chi connectivity index (χ1) is 29.5. The second-order valence-electron chi connectivity index (χ2n) is 16.9. The molecule has 0 saturated carbocycles. The van der Waals surface area contributed by atoms with Crippen molar-refractivity contribution in [3.8, 4) is 0 Å². The number of aryl methyl sites for hydroxylation is 4. The van der Waals surface area contributed by atoms with Crippen LogP contribution < -0.4 is 10.6 Å². The highest BCUT2D eigenvalue weighted by Crippen LogP contribution is 2.30. The minimum absolute atomic E-state index is 0.0167. The molecule has 6 aromatic rings. The zero-order valence-electron chi connectivity index (χ0n) is 35.7. The monoisotopic (exact) mass is 805 g/mol. The van der Waals surface area contributed by atoms with Gasteiger partial charge in [-0.2, -0.15) is 0 Å². The van der Waals surface area contributed by atoms with Crippen LogP contribution in [-0.2, 0) is 30.5 Å². The van der Waals surface area contributed by atoms with E-state index < -0.39 is 5.97 Å². The first-order valence-corrected chi connectivity index (χ1v) is 22.9. The minimum atomic E-state index is -0.745. The molecular formula is C52H64N6O2. The topological polar surface area (TPSA) is 113 Å². The zero-order valence-corrected chi connectivity index (χ0v) is 35.7. The Balaban J connectivity index is 0.000000182. The molecule has 0 bridgehead atoms. The summed E-state index contributed by atoms with van der Waals surface area (Å²) in [6, 6.07) is 29.7. The van der Waals surface area contributed by atoms with Gasteiger partial charge in [-0.05, 0) is 141 Å². The lowest BCUT2D eigenvalue weighted by Crippen LogP contribution is -2.13. The number of hydrogen-bond acceptors (Lipinski definition) is 7. The molecule has 0 saturated heterocycles. The van der Waals surface area contributed by atoms with Gasteiger partial charge < -0.3 is 15.7 Å². The second kappa shape index (κ2) is 22.3. The van der Waals surface area contributed by atoms with Gasteiger partial charge in [-0.15, -0.1) is 0 Å². The standard InChI is InChI=1S/C26H31N3O2.C26H33N3/c30-25(31)17-20(22-16-21-9-5-6-12-24(21)28-18-22)8-3-1-2-4-11-23-14-13-19-10-7-15-27-26(19)29-23;1-2-20(23-18-22-11-7-8-14-25(22)28-19-23)10-5-3-4-6-13-24-16-15-21-12-9-17-27-26(21)29-24/h5-6,9,12-14,16,18,20H,1-4,7-8,10-11,15,17H2,(H,27,29)(H,30,31);7-8,11,14-16,18-20H,2-6,9-10,12-13,17H2,1H3,(H,27,29). The molecule has 2 unspecified atom stereocenters. The van der Waals surface area contributed by atoms with E-state index in [1.54, 1.807) is 0 Å². The van der Waals surface area contributed by atoms with Gasteiger partial charge in [-0.25, -0.2) is 9.97 Å². The number of carboxylic acids is 1. The molecule has 0 fully saturated rings. The van der Waals surface area contributed by atoms with E-state index >= 15 is 0 Å². The number of nitrogens with one attached hydrogen (secondary N) is 2. The lowest BCUT2D eigenvalue weighted by molar-refractivity contribution is -0.137. The van der Waals surface area contributed by atoms with Gasteiger partial charge in [-0.3, -0.25) is 14.8 Å². The summed E-state index contributed by atoms with van der Waals surface area (Å²) < 4.78 is 0.